The normalized spacial score (nSPS) is 14.4. The fourth-order valence-corrected chi connectivity index (χ4v) is 0.479. The van der Waals surface area contributed by atoms with Crippen molar-refractivity contribution in [3.05, 3.63) is 0 Å². The molecule has 94 valence electrons. The first-order valence-corrected chi connectivity index (χ1v) is 4.17. The Morgan fingerprint density at radius 2 is 2.00 bits per heavy atom. The average Bonchev–Trinajstić information content (AvgIpc) is 2.09. The van der Waals surface area contributed by atoms with Gasteiger partial charge in [-0.15, -0.1) is 0 Å². The summed E-state index contributed by atoms with van der Waals surface area (Å²) in [4.78, 5) is 13.6. The zero-order valence-corrected chi connectivity index (χ0v) is 8.12. The van der Waals surface area contributed by atoms with E-state index in [1.165, 1.54) is 0 Å². The SMILES string of the molecule is O=C(O)C(F)(F)F.OCCON=C1CNC1. The average molecular weight is 244 g/mol. The Kier molecular flexibility index (Phi) is 6.42. The number of nitrogens with zero attached hydrogens (tertiary/aromatic N) is 1. The van der Waals surface area contributed by atoms with Crippen LogP contribution in [0, 0.1) is 0 Å². The molecule has 1 rings (SSSR count). The topological polar surface area (TPSA) is 91.2 Å². The predicted molar refractivity (Wildman–Crippen MR) is 47.0 cm³/mol. The van der Waals surface area contributed by atoms with Crippen LogP contribution in [-0.4, -0.2) is 54.4 Å². The highest BCUT2D eigenvalue weighted by Crippen LogP contribution is 2.13. The molecule has 1 heterocycles. The lowest BCUT2D eigenvalue weighted by atomic mass is 10.2. The summed E-state index contributed by atoms with van der Waals surface area (Å²) < 4.78 is 31.7. The van der Waals surface area contributed by atoms with Gasteiger partial charge in [-0.25, -0.2) is 4.79 Å². The zero-order chi connectivity index (χ0) is 12.6. The zero-order valence-electron chi connectivity index (χ0n) is 8.12. The summed E-state index contributed by atoms with van der Waals surface area (Å²) in [5, 5.41) is 22.1. The Hall–Kier alpha value is -1.35. The summed E-state index contributed by atoms with van der Waals surface area (Å²) in [5.74, 6) is -2.76. The minimum Gasteiger partial charge on any atom is -0.475 e. The van der Waals surface area contributed by atoms with E-state index in [9.17, 15) is 13.2 Å². The van der Waals surface area contributed by atoms with Gasteiger partial charge >= 0.3 is 12.1 Å². The molecular formula is C7H11F3N2O4. The fraction of sp³-hybridized carbons (Fsp3) is 0.714. The second kappa shape index (κ2) is 7.01. The molecule has 0 spiro atoms. The highest BCUT2D eigenvalue weighted by atomic mass is 19.4. The molecule has 0 bridgehead atoms. The quantitative estimate of drug-likeness (QED) is 0.463. The van der Waals surface area contributed by atoms with Crippen molar-refractivity contribution in [2.24, 2.45) is 5.16 Å². The van der Waals surface area contributed by atoms with Gasteiger partial charge in [0.2, 0.25) is 0 Å². The second-order valence-corrected chi connectivity index (χ2v) is 2.62. The van der Waals surface area contributed by atoms with Crippen molar-refractivity contribution in [2.45, 2.75) is 6.18 Å². The number of oxime groups is 1. The molecule has 0 atom stereocenters. The minimum absolute atomic E-state index is 0.0320. The molecule has 0 radical (unpaired) electrons. The van der Waals surface area contributed by atoms with Crippen LogP contribution >= 0.6 is 0 Å². The van der Waals surface area contributed by atoms with Gasteiger partial charge in [0, 0.05) is 13.1 Å². The van der Waals surface area contributed by atoms with Gasteiger partial charge in [0.15, 0.2) is 0 Å². The van der Waals surface area contributed by atoms with Crippen molar-refractivity contribution in [2.75, 3.05) is 26.3 Å². The predicted octanol–water partition coefficient (Wildman–Crippen LogP) is -0.412. The molecule has 0 amide bonds. The molecule has 0 saturated carbocycles. The van der Waals surface area contributed by atoms with Crippen molar-refractivity contribution >= 4 is 11.7 Å². The molecular weight excluding hydrogens is 233 g/mol. The van der Waals surface area contributed by atoms with Gasteiger partial charge in [-0.05, 0) is 0 Å². The standard InChI is InChI=1S/C5H10N2O2.C2HF3O2/c8-1-2-9-7-5-3-6-4-5;3-2(4,5)1(6)7/h6,8H,1-4H2;(H,6,7). The van der Waals surface area contributed by atoms with Crippen LogP contribution in [0.5, 0.6) is 0 Å². The van der Waals surface area contributed by atoms with Gasteiger partial charge in [0.05, 0.1) is 12.3 Å². The number of rotatable bonds is 3. The number of aliphatic hydroxyl groups is 1. The molecule has 1 saturated heterocycles. The summed E-state index contributed by atoms with van der Waals surface area (Å²) in [6, 6.07) is 0. The second-order valence-electron chi connectivity index (χ2n) is 2.62. The molecule has 0 aromatic carbocycles. The minimum atomic E-state index is -5.08. The van der Waals surface area contributed by atoms with E-state index in [2.05, 4.69) is 15.3 Å². The van der Waals surface area contributed by atoms with Gasteiger partial charge in [-0.1, -0.05) is 5.16 Å². The molecule has 16 heavy (non-hydrogen) atoms. The molecule has 3 N–H and O–H groups in total. The molecule has 0 aromatic heterocycles. The van der Waals surface area contributed by atoms with Crippen molar-refractivity contribution in [1.29, 1.82) is 0 Å². The summed E-state index contributed by atoms with van der Waals surface area (Å²) in [6.07, 6.45) is -5.08. The summed E-state index contributed by atoms with van der Waals surface area (Å²) in [7, 11) is 0. The maximum atomic E-state index is 10.6. The van der Waals surface area contributed by atoms with Crippen LogP contribution in [0.15, 0.2) is 5.16 Å². The van der Waals surface area contributed by atoms with Crippen LogP contribution in [0.3, 0.4) is 0 Å². The number of aliphatic carboxylic acids is 1. The maximum Gasteiger partial charge on any atom is 0.490 e. The van der Waals surface area contributed by atoms with Gasteiger partial charge in [-0.2, -0.15) is 13.2 Å². The van der Waals surface area contributed by atoms with E-state index in [0.29, 0.717) is 6.61 Å². The highest BCUT2D eigenvalue weighted by Gasteiger charge is 2.38. The smallest absolute Gasteiger partial charge is 0.475 e. The fourth-order valence-electron chi connectivity index (χ4n) is 0.479. The van der Waals surface area contributed by atoms with Crippen LogP contribution in [0.1, 0.15) is 0 Å². The first-order chi connectivity index (χ1) is 7.38. The molecule has 0 unspecified atom stereocenters. The number of carboxylic acids is 1. The van der Waals surface area contributed by atoms with E-state index in [1.807, 2.05) is 0 Å². The molecule has 9 heteroatoms. The molecule has 1 fully saturated rings. The molecule has 6 nitrogen and oxygen atoms in total. The number of nitrogens with one attached hydrogen (secondary N) is 1. The van der Waals surface area contributed by atoms with Gasteiger partial charge in [0.1, 0.15) is 6.61 Å². The third-order valence-corrected chi connectivity index (χ3v) is 1.28. The Morgan fingerprint density at radius 3 is 2.25 bits per heavy atom. The van der Waals surface area contributed by atoms with E-state index in [1.54, 1.807) is 0 Å². The summed E-state index contributed by atoms with van der Waals surface area (Å²) in [6.45, 7) is 1.98. The third-order valence-electron chi connectivity index (χ3n) is 1.28. The van der Waals surface area contributed by atoms with Crippen molar-refractivity contribution in [3.8, 4) is 0 Å². The lowest BCUT2D eigenvalue weighted by Gasteiger charge is -2.15. The first kappa shape index (κ1) is 14.6. The van der Waals surface area contributed by atoms with Crippen LogP contribution in [0.2, 0.25) is 0 Å². The Bertz CT molecular complexity index is 249. The van der Waals surface area contributed by atoms with Crippen LogP contribution in [-0.2, 0) is 9.63 Å². The largest absolute Gasteiger partial charge is 0.490 e. The summed E-state index contributed by atoms with van der Waals surface area (Å²) in [5.41, 5.74) is 1.02. The highest BCUT2D eigenvalue weighted by molar-refractivity contribution is 5.92. The lowest BCUT2D eigenvalue weighted by Crippen LogP contribution is -2.42. The number of hydrogen-bond donors (Lipinski definition) is 3. The van der Waals surface area contributed by atoms with Crippen LogP contribution in [0.4, 0.5) is 13.2 Å². The number of aliphatic hydroxyl groups excluding tert-OH is 1. The number of halogens is 3. The van der Waals surface area contributed by atoms with Crippen LogP contribution < -0.4 is 5.32 Å². The number of carboxylic acid groups (broad SMARTS) is 1. The monoisotopic (exact) mass is 244 g/mol. The van der Waals surface area contributed by atoms with E-state index in [0.717, 1.165) is 18.8 Å². The van der Waals surface area contributed by atoms with Gasteiger partial charge in [-0.3, -0.25) is 0 Å². The number of alkyl halides is 3. The third kappa shape index (κ3) is 7.01. The molecule has 0 aromatic rings. The Morgan fingerprint density at radius 1 is 1.50 bits per heavy atom. The molecule has 1 aliphatic rings. The van der Waals surface area contributed by atoms with Crippen molar-refractivity contribution < 1.29 is 33.0 Å². The van der Waals surface area contributed by atoms with Gasteiger partial charge in [0.25, 0.3) is 0 Å². The number of hydrogen-bond acceptors (Lipinski definition) is 5. The summed E-state index contributed by atoms with van der Waals surface area (Å²) >= 11 is 0. The van der Waals surface area contributed by atoms with Crippen LogP contribution in [0.25, 0.3) is 0 Å². The van der Waals surface area contributed by atoms with Gasteiger partial charge < -0.3 is 20.4 Å². The van der Waals surface area contributed by atoms with Crippen molar-refractivity contribution in [3.63, 3.8) is 0 Å². The number of carbonyl (C=O) groups is 1. The maximum absolute atomic E-state index is 10.6. The Labute approximate surface area is 88.7 Å². The van der Waals surface area contributed by atoms with Crippen molar-refractivity contribution in [1.82, 2.24) is 5.32 Å². The van der Waals surface area contributed by atoms with E-state index in [4.69, 9.17) is 15.0 Å². The van der Waals surface area contributed by atoms with E-state index in [-0.39, 0.29) is 6.61 Å². The first-order valence-electron chi connectivity index (χ1n) is 4.17. The van der Waals surface area contributed by atoms with E-state index < -0.39 is 12.1 Å². The van der Waals surface area contributed by atoms with E-state index >= 15 is 0 Å². The lowest BCUT2D eigenvalue weighted by molar-refractivity contribution is -0.192. The molecule has 1 aliphatic heterocycles. The Balaban J connectivity index is 0.000000293. The molecule has 0 aliphatic carbocycles.